The Morgan fingerprint density at radius 3 is 2.32 bits per heavy atom. The number of halogens is 2. The zero-order chi connectivity index (χ0) is 29.4. The summed E-state index contributed by atoms with van der Waals surface area (Å²) in [5, 5.41) is 3.57. The van der Waals surface area contributed by atoms with Crippen molar-refractivity contribution in [1.82, 2.24) is 5.32 Å². The number of hydrogen-bond acceptors (Lipinski definition) is 7. The molecule has 1 amide bonds. The molecule has 1 heterocycles. The van der Waals surface area contributed by atoms with E-state index < -0.39 is 27.4 Å². The number of likely N-dealkylation sites (N-methyl/N-ethyl adjacent to an activating group) is 1. The van der Waals surface area contributed by atoms with Crippen molar-refractivity contribution >= 4 is 50.8 Å². The molecule has 0 radical (unpaired) electrons. The zero-order valence-corrected chi connectivity index (χ0v) is 24.3. The Kier molecular flexibility index (Phi) is 7.80. The topological polar surface area (TPSA) is 102 Å². The van der Waals surface area contributed by atoms with Crippen molar-refractivity contribution in [3.63, 3.8) is 0 Å². The fourth-order valence-electron chi connectivity index (χ4n) is 4.92. The molecule has 210 valence electrons. The number of benzene rings is 4. The van der Waals surface area contributed by atoms with E-state index in [0.717, 1.165) is 5.56 Å². The predicted octanol–water partition coefficient (Wildman–Crippen LogP) is 5.56. The monoisotopic (exact) mass is 610 g/mol. The molecule has 0 saturated heterocycles. The van der Waals surface area contributed by atoms with Gasteiger partial charge < -0.3 is 9.47 Å². The fourth-order valence-corrected chi connectivity index (χ4v) is 6.97. The molecule has 0 aromatic heterocycles. The van der Waals surface area contributed by atoms with Crippen LogP contribution in [0.3, 0.4) is 0 Å². The van der Waals surface area contributed by atoms with Gasteiger partial charge in [0.05, 0.1) is 18.4 Å². The number of nitrogens with zero attached hydrogens (tertiary/aromatic N) is 1. The van der Waals surface area contributed by atoms with Gasteiger partial charge in [-0.15, -0.1) is 0 Å². The smallest absolute Gasteiger partial charge is 0.338 e. The van der Waals surface area contributed by atoms with Crippen molar-refractivity contribution in [3.8, 4) is 5.75 Å². The van der Waals surface area contributed by atoms with Gasteiger partial charge in [-0.05, 0) is 55.1 Å². The van der Waals surface area contributed by atoms with Crippen LogP contribution in [0, 0.1) is 0 Å². The van der Waals surface area contributed by atoms with Gasteiger partial charge in [-0.25, -0.2) is 17.5 Å². The van der Waals surface area contributed by atoms with E-state index >= 15 is 0 Å². The highest BCUT2D eigenvalue weighted by Gasteiger charge is 2.56. The lowest BCUT2D eigenvalue weighted by Gasteiger charge is -2.29. The Morgan fingerprint density at radius 1 is 0.927 bits per heavy atom. The first kappa shape index (κ1) is 28.6. The number of ether oxygens (including phenoxy) is 2. The molecule has 41 heavy (non-hydrogen) atoms. The second-order valence-electron chi connectivity index (χ2n) is 9.14. The third-order valence-corrected chi connectivity index (χ3v) is 9.17. The summed E-state index contributed by atoms with van der Waals surface area (Å²) in [4.78, 5) is 26.7. The van der Waals surface area contributed by atoms with Crippen molar-refractivity contribution in [3.05, 3.63) is 123 Å². The largest absolute Gasteiger partial charge is 0.495 e. The van der Waals surface area contributed by atoms with Gasteiger partial charge in [0, 0.05) is 21.2 Å². The summed E-state index contributed by atoms with van der Waals surface area (Å²) in [6.07, 6.45) is 0. The van der Waals surface area contributed by atoms with Crippen molar-refractivity contribution in [2.45, 2.75) is 17.0 Å². The number of anilines is 1. The molecule has 0 fully saturated rings. The van der Waals surface area contributed by atoms with E-state index in [1.54, 1.807) is 31.3 Å². The van der Waals surface area contributed by atoms with Gasteiger partial charge in [0.2, 0.25) is 0 Å². The van der Waals surface area contributed by atoms with Crippen LogP contribution in [0.5, 0.6) is 5.75 Å². The second-order valence-corrected chi connectivity index (χ2v) is 11.7. The summed E-state index contributed by atoms with van der Waals surface area (Å²) in [5.41, 5.74) is -0.00239. The van der Waals surface area contributed by atoms with Crippen molar-refractivity contribution in [2.75, 3.05) is 18.5 Å². The maximum absolute atomic E-state index is 14.3. The number of nitrogens with one attached hydrogen (secondary N) is 1. The van der Waals surface area contributed by atoms with Gasteiger partial charge in [-0.3, -0.25) is 10.1 Å². The Labute approximate surface area is 247 Å². The van der Waals surface area contributed by atoms with Crippen LogP contribution in [0.1, 0.15) is 27.0 Å². The van der Waals surface area contributed by atoms with Gasteiger partial charge in [0.25, 0.3) is 15.9 Å². The lowest BCUT2D eigenvalue weighted by atomic mass is 9.84. The molecule has 1 aliphatic heterocycles. The number of carbonyl (C=O) groups is 2. The second kappa shape index (κ2) is 11.2. The summed E-state index contributed by atoms with van der Waals surface area (Å²) in [5.74, 6) is -1.61. The van der Waals surface area contributed by atoms with E-state index in [2.05, 4.69) is 5.32 Å². The van der Waals surface area contributed by atoms with Gasteiger partial charge in [-0.2, -0.15) is 0 Å². The first-order chi connectivity index (χ1) is 19.6. The van der Waals surface area contributed by atoms with Crippen LogP contribution in [0.25, 0.3) is 0 Å². The zero-order valence-electron chi connectivity index (χ0n) is 21.9. The van der Waals surface area contributed by atoms with Crippen LogP contribution >= 0.6 is 23.2 Å². The number of amides is 1. The number of esters is 1. The third-order valence-electron chi connectivity index (χ3n) is 6.87. The Balaban J connectivity index is 1.57. The highest BCUT2D eigenvalue weighted by Crippen LogP contribution is 2.49. The summed E-state index contributed by atoms with van der Waals surface area (Å²) in [6.45, 7) is 0.0395. The van der Waals surface area contributed by atoms with E-state index in [-0.39, 0.29) is 33.5 Å². The van der Waals surface area contributed by atoms with Gasteiger partial charge in [0.1, 0.15) is 17.3 Å². The minimum absolute atomic E-state index is 0.0395. The molecular weight excluding hydrogens is 587 g/mol. The summed E-state index contributed by atoms with van der Waals surface area (Å²) < 4.78 is 39.9. The van der Waals surface area contributed by atoms with Gasteiger partial charge >= 0.3 is 5.97 Å². The molecule has 0 saturated carbocycles. The predicted molar refractivity (Wildman–Crippen MR) is 156 cm³/mol. The minimum atomic E-state index is -4.58. The summed E-state index contributed by atoms with van der Waals surface area (Å²) in [7, 11) is -1.76. The third kappa shape index (κ3) is 4.85. The van der Waals surface area contributed by atoms with E-state index in [1.807, 2.05) is 30.3 Å². The highest BCUT2D eigenvalue weighted by molar-refractivity contribution is 7.93. The number of methoxy groups -OCH3 is 1. The summed E-state index contributed by atoms with van der Waals surface area (Å²) >= 11 is 12.8. The van der Waals surface area contributed by atoms with Crippen LogP contribution in [0.4, 0.5) is 5.69 Å². The van der Waals surface area contributed by atoms with E-state index in [9.17, 15) is 18.0 Å². The summed E-state index contributed by atoms with van der Waals surface area (Å²) in [6, 6.07) is 24.1. The molecule has 5 rings (SSSR count). The maximum Gasteiger partial charge on any atom is 0.338 e. The fraction of sp³-hybridized carbons (Fsp3) is 0.133. The number of hydrogen-bond donors (Lipinski definition) is 1. The lowest BCUT2D eigenvalue weighted by molar-refractivity contribution is -0.121. The maximum atomic E-state index is 14.3. The number of carbonyl (C=O) groups excluding carboxylic acids is 2. The molecule has 4 aromatic rings. The highest BCUT2D eigenvalue weighted by atomic mass is 35.5. The standard InChI is InChI=1S/C30H24Cl2N2O6S/c1-33-30(22-10-6-7-11-24(22)32)23-17-21(31)13-14-25(23)34(29(30)36)41(37,38)27-15-12-20(16-26(27)39-2)28(35)40-18-19-8-4-3-5-9-19/h3-17,33H,18H2,1-2H3. The molecule has 1 unspecified atom stereocenters. The van der Waals surface area contributed by atoms with Crippen molar-refractivity contribution in [1.29, 1.82) is 0 Å². The molecule has 0 spiro atoms. The van der Waals surface area contributed by atoms with Gasteiger partial charge in [-0.1, -0.05) is 71.7 Å². The average Bonchev–Trinajstić information content (AvgIpc) is 3.24. The minimum Gasteiger partial charge on any atom is -0.495 e. The van der Waals surface area contributed by atoms with Crippen LogP contribution in [0.15, 0.2) is 95.9 Å². The first-order valence-electron chi connectivity index (χ1n) is 12.4. The average molecular weight is 612 g/mol. The number of rotatable bonds is 8. The van der Waals surface area contributed by atoms with Gasteiger partial charge in [0.15, 0.2) is 5.54 Å². The van der Waals surface area contributed by atoms with Crippen molar-refractivity contribution in [2.24, 2.45) is 0 Å². The molecule has 0 aliphatic carbocycles. The lowest BCUT2D eigenvalue weighted by Crippen LogP contribution is -2.51. The Bertz CT molecular complexity index is 1760. The number of sulfonamides is 1. The molecular formula is C30H24Cl2N2O6S. The normalized spacial score (nSPS) is 16.4. The Morgan fingerprint density at radius 2 is 1.63 bits per heavy atom. The molecule has 11 heteroatoms. The van der Waals surface area contributed by atoms with E-state index in [4.69, 9.17) is 32.7 Å². The van der Waals surface area contributed by atoms with E-state index in [1.165, 1.54) is 43.5 Å². The quantitative estimate of drug-likeness (QED) is 0.261. The van der Waals surface area contributed by atoms with Crippen molar-refractivity contribution < 1.29 is 27.5 Å². The van der Waals surface area contributed by atoms with Crippen LogP contribution in [-0.2, 0) is 31.7 Å². The van der Waals surface area contributed by atoms with Crippen LogP contribution in [0.2, 0.25) is 10.0 Å². The molecule has 1 N–H and O–H groups in total. The molecule has 0 bridgehead atoms. The molecule has 4 aromatic carbocycles. The Hall–Kier alpha value is -3.89. The molecule has 1 aliphatic rings. The molecule has 1 atom stereocenters. The number of fused-ring (bicyclic) bond motifs is 1. The SMILES string of the molecule is CNC1(c2ccccc2Cl)C(=O)N(S(=O)(=O)c2ccc(C(=O)OCc3ccccc3)cc2OC)c2ccc(Cl)cc21. The molecule has 8 nitrogen and oxygen atoms in total. The first-order valence-corrected chi connectivity index (χ1v) is 14.6. The van der Waals surface area contributed by atoms with Crippen LogP contribution < -0.4 is 14.4 Å². The van der Waals surface area contributed by atoms with E-state index in [0.29, 0.717) is 20.5 Å². The van der Waals surface area contributed by atoms with Crippen LogP contribution in [-0.4, -0.2) is 34.5 Å².